The minimum Gasteiger partial charge on any atom is -0.495 e. The summed E-state index contributed by atoms with van der Waals surface area (Å²) in [7, 11) is 7.18. The Morgan fingerprint density at radius 3 is 2.59 bits per heavy atom. The van der Waals surface area contributed by atoms with Gasteiger partial charge in [0.1, 0.15) is 29.8 Å². The number of hydrogen-bond donors (Lipinski definition) is 1. The molecule has 2 aromatic heterocycles. The first kappa shape index (κ1) is 28.0. The maximum atomic E-state index is 12.5. The van der Waals surface area contributed by atoms with Gasteiger partial charge in [-0.1, -0.05) is 6.08 Å². The van der Waals surface area contributed by atoms with Crippen LogP contribution in [0.5, 0.6) is 17.2 Å². The lowest BCUT2D eigenvalue weighted by atomic mass is 10.1. The molecule has 0 aliphatic carbocycles. The number of benzene rings is 2. The number of amides is 1. The summed E-state index contributed by atoms with van der Waals surface area (Å²) in [6.45, 7) is 2.00. The van der Waals surface area contributed by atoms with Gasteiger partial charge in [-0.3, -0.25) is 4.79 Å². The molecule has 10 heteroatoms. The smallest absolute Gasteiger partial charge is 0.246 e. The van der Waals surface area contributed by atoms with Gasteiger partial charge in [-0.25, -0.2) is 9.97 Å². The Labute approximate surface area is 239 Å². The third-order valence-electron chi connectivity index (χ3n) is 6.96. The number of carbonyl (C=O) groups is 1. The van der Waals surface area contributed by atoms with Crippen LogP contribution in [0, 0.1) is 0 Å². The zero-order valence-corrected chi connectivity index (χ0v) is 23.8. The standard InChI is InChI=1S/C31H35N5O5/c1-35(2)13-5-8-30(37)36-14-11-22(12-15-36)41-29-18-23-24(19-28(29)39-4)32-20-33-31(23)34-25-17-21(9-10-27(25)38-3)26-7-6-16-40-26/h5-10,16-20,22H,11-15H2,1-4H3,(H,32,33,34)/b8-5+. The van der Waals surface area contributed by atoms with E-state index in [1.165, 1.54) is 6.33 Å². The van der Waals surface area contributed by atoms with Crippen LogP contribution in [-0.4, -0.2) is 79.7 Å². The number of hydrogen-bond acceptors (Lipinski definition) is 9. The zero-order valence-electron chi connectivity index (χ0n) is 23.8. The van der Waals surface area contributed by atoms with Crippen molar-refractivity contribution in [1.82, 2.24) is 19.8 Å². The lowest BCUT2D eigenvalue weighted by Crippen LogP contribution is -2.41. The van der Waals surface area contributed by atoms with Crippen LogP contribution in [0.2, 0.25) is 0 Å². The SMILES string of the molecule is COc1ccc(-c2ccco2)cc1Nc1ncnc2cc(OC)c(OC3CCN(C(=O)/C=C/CN(C)C)CC3)cc12. The molecule has 2 aromatic carbocycles. The van der Waals surface area contributed by atoms with Gasteiger partial charge in [0.25, 0.3) is 0 Å². The van der Waals surface area contributed by atoms with Crippen LogP contribution in [0.15, 0.2) is 71.6 Å². The van der Waals surface area contributed by atoms with E-state index in [2.05, 4.69) is 15.3 Å². The molecular weight excluding hydrogens is 522 g/mol. The maximum absolute atomic E-state index is 12.5. The summed E-state index contributed by atoms with van der Waals surface area (Å²) in [5.41, 5.74) is 2.34. The molecule has 0 unspecified atom stereocenters. The number of nitrogens with one attached hydrogen (secondary N) is 1. The fraction of sp³-hybridized carbons (Fsp3) is 0.323. The molecule has 0 bridgehead atoms. The summed E-state index contributed by atoms with van der Waals surface area (Å²) >= 11 is 0. The van der Waals surface area contributed by atoms with E-state index < -0.39 is 0 Å². The number of methoxy groups -OCH3 is 2. The summed E-state index contributed by atoms with van der Waals surface area (Å²) in [6.07, 6.45) is 8.09. The number of rotatable bonds is 10. The van der Waals surface area contributed by atoms with Crippen molar-refractivity contribution in [2.75, 3.05) is 53.3 Å². The van der Waals surface area contributed by atoms with E-state index in [9.17, 15) is 4.79 Å². The predicted octanol–water partition coefficient (Wildman–Crippen LogP) is 5.14. The number of likely N-dealkylation sites (tertiary alicyclic amines) is 1. The molecule has 1 aliphatic heterocycles. The average Bonchev–Trinajstić information content (AvgIpc) is 3.52. The van der Waals surface area contributed by atoms with Gasteiger partial charge in [0.05, 0.1) is 31.7 Å². The van der Waals surface area contributed by atoms with Crippen molar-refractivity contribution in [2.24, 2.45) is 0 Å². The van der Waals surface area contributed by atoms with E-state index in [0.717, 1.165) is 41.8 Å². The lowest BCUT2D eigenvalue weighted by molar-refractivity contribution is -0.127. The van der Waals surface area contributed by atoms with Crippen molar-refractivity contribution < 1.29 is 23.4 Å². The van der Waals surface area contributed by atoms with Crippen LogP contribution in [0.4, 0.5) is 11.5 Å². The molecule has 0 spiro atoms. The first-order valence-corrected chi connectivity index (χ1v) is 13.5. The van der Waals surface area contributed by atoms with E-state index in [0.29, 0.717) is 41.7 Å². The molecule has 4 aromatic rings. The van der Waals surface area contributed by atoms with E-state index in [1.807, 2.05) is 72.4 Å². The van der Waals surface area contributed by atoms with Crippen molar-refractivity contribution in [3.8, 4) is 28.6 Å². The minimum absolute atomic E-state index is 0.0352. The van der Waals surface area contributed by atoms with Crippen molar-refractivity contribution in [3.63, 3.8) is 0 Å². The lowest BCUT2D eigenvalue weighted by Gasteiger charge is -2.32. The van der Waals surface area contributed by atoms with Gasteiger partial charge in [0.15, 0.2) is 11.5 Å². The van der Waals surface area contributed by atoms with Crippen molar-refractivity contribution in [1.29, 1.82) is 0 Å². The van der Waals surface area contributed by atoms with Crippen LogP contribution in [0.3, 0.4) is 0 Å². The van der Waals surface area contributed by atoms with Crippen LogP contribution in [0.1, 0.15) is 12.8 Å². The Balaban J connectivity index is 1.35. The van der Waals surface area contributed by atoms with Crippen LogP contribution in [-0.2, 0) is 4.79 Å². The average molecular weight is 558 g/mol. The molecule has 3 heterocycles. The van der Waals surface area contributed by atoms with E-state index >= 15 is 0 Å². The van der Waals surface area contributed by atoms with Gasteiger partial charge >= 0.3 is 0 Å². The molecule has 1 amide bonds. The van der Waals surface area contributed by atoms with Crippen LogP contribution in [0.25, 0.3) is 22.2 Å². The number of ether oxygens (including phenoxy) is 3. The van der Waals surface area contributed by atoms with Crippen molar-refractivity contribution in [3.05, 3.63) is 67.2 Å². The molecule has 10 nitrogen and oxygen atoms in total. The number of fused-ring (bicyclic) bond motifs is 1. The van der Waals surface area contributed by atoms with Crippen molar-refractivity contribution in [2.45, 2.75) is 18.9 Å². The number of likely N-dealkylation sites (N-methyl/N-ethyl adjacent to an activating group) is 1. The normalized spacial score (nSPS) is 14.1. The Morgan fingerprint density at radius 1 is 1.07 bits per heavy atom. The van der Waals surface area contributed by atoms with Gasteiger partial charge in [-0.05, 0) is 50.5 Å². The maximum Gasteiger partial charge on any atom is 0.246 e. The molecule has 1 N–H and O–H groups in total. The van der Waals surface area contributed by atoms with E-state index in [-0.39, 0.29) is 12.0 Å². The second-order valence-corrected chi connectivity index (χ2v) is 10.1. The van der Waals surface area contributed by atoms with Crippen LogP contribution < -0.4 is 19.5 Å². The second kappa shape index (κ2) is 12.7. The molecule has 1 fully saturated rings. The number of piperidine rings is 1. The molecule has 41 heavy (non-hydrogen) atoms. The minimum atomic E-state index is -0.0535. The Bertz CT molecular complexity index is 1510. The number of aromatic nitrogens is 2. The quantitative estimate of drug-likeness (QED) is 0.266. The van der Waals surface area contributed by atoms with Gasteiger partial charge < -0.3 is 33.7 Å². The van der Waals surface area contributed by atoms with Gasteiger partial charge in [0.2, 0.25) is 5.91 Å². The largest absolute Gasteiger partial charge is 0.495 e. The van der Waals surface area contributed by atoms with Crippen LogP contribution >= 0.6 is 0 Å². The van der Waals surface area contributed by atoms with Gasteiger partial charge in [-0.2, -0.15) is 0 Å². The molecule has 0 radical (unpaired) electrons. The summed E-state index contributed by atoms with van der Waals surface area (Å²) in [5.74, 6) is 3.24. The number of carbonyl (C=O) groups excluding carboxylic acids is 1. The third kappa shape index (κ3) is 6.60. The molecule has 5 rings (SSSR count). The van der Waals surface area contributed by atoms with Crippen molar-refractivity contribution >= 4 is 28.3 Å². The molecule has 1 aliphatic rings. The Kier molecular flexibility index (Phi) is 8.69. The van der Waals surface area contributed by atoms with Gasteiger partial charge in [-0.15, -0.1) is 0 Å². The zero-order chi connectivity index (χ0) is 28.8. The monoisotopic (exact) mass is 557 g/mol. The molecule has 1 saturated heterocycles. The Morgan fingerprint density at radius 2 is 1.88 bits per heavy atom. The number of nitrogens with zero attached hydrogens (tertiary/aromatic N) is 4. The summed E-state index contributed by atoms with van der Waals surface area (Å²) in [5, 5.41) is 4.18. The molecule has 0 saturated carbocycles. The second-order valence-electron chi connectivity index (χ2n) is 10.1. The number of furan rings is 1. The predicted molar refractivity (Wildman–Crippen MR) is 158 cm³/mol. The Hall–Kier alpha value is -4.57. The molecule has 214 valence electrons. The fourth-order valence-electron chi connectivity index (χ4n) is 4.79. The first-order valence-electron chi connectivity index (χ1n) is 13.5. The van der Waals surface area contributed by atoms with Gasteiger partial charge in [0, 0.05) is 55.6 Å². The third-order valence-corrected chi connectivity index (χ3v) is 6.96. The fourth-order valence-corrected chi connectivity index (χ4v) is 4.79. The summed E-state index contributed by atoms with van der Waals surface area (Å²) in [6, 6.07) is 13.3. The molecule has 0 atom stereocenters. The molecular formula is C31H35N5O5. The summed E-state index contributed by atoms with van der Waals surface area (Å²) < 4.78 is 23.3. The highest BCUT2D eigenvalue weighted by atomic mass is 16.5. The van der Waals surface area contributed by atoms with E-state index in [4.69, 9.17) is 18.6 Å². The summed E-state index contributed by atoms with van der Waals surface area (Å²) in [4.78, 5) is 25.4. The topological polar surface area (TPSA) is 102 Å². The highest BCUT2D eigenvalue weighted by Crippen LogP contribution is 2.38. The van der Waals surface area contributed by atoms with E-state index in [1.54, 1.807) is 26.6 Å². The first-order chi connectivity index (χ1) is 19.9. The highest BCUT2D eigenvalue weighted by molar-refractivity contribution is 5.93. The highest BCUT2D eigenvalue weighted by Gasteiger charge is 2.24. The number of anilines is 2.